The molecule has 4 nitrogen and oxygen atoms in total. The van der Waals surface area contributed by atoms with Crippen molar-refractivity contribution >= 4 is 18.4 Å². The number of halogens is 1. The maximum Gasteiger partial charge on any atom is 0.307 e. The van der Waals surface area contributed by atoms with Gasteiger partial charge in [0.15, 0.2) is 0 Å². The van der Waals surface area contributed by atoms with Gasteiger partial charge in [-0.05, 0) is 42.7 Å². The number of methoxy groups -OCH3 is 1. The van der Waals surface area contributed by atoms with Crippen LogP contribution < -0.4 is 5.73 Å². The van der Waals surface area contributed by atoms with Crippen molar-refractivity contribution in [1.29, 1.82) is 0 Å². The number of aryl methyl sites for hydroxylation is 2. The van der Waals surface area contributed by atoms with Gasteiger partial charge in [0.1, 0.15) is 5.75 Å². The Kier molecular flexibility index (Phi) is 5.99. The molecule has 0 saturated carbocycles. The molecule has 96 valence electrons. The van der Waals surface area contributed by atoms with Crippen molar-refractivity contribution in [3.63, 3.8) is 0 Å². The number of carbonyl (C=O) groups excluding carboxylic acids is 1. The van der Waals surface area contributed by atoms with Crippen molar-refractivity contribution in [3.05, 3.63) is 28.8 Å². The third kappa shape index (κ3) is 3.91. The highest BCUT2D eigenvalue weighted by atomic mass is 35.5. The fourth-order valence-corrected chi connectivity index (χ4v) is 1.90. The molecule has 0 aliphatic carbocycles. The van der Waals surface area contributed by atoms with Gasteiger partial charge < -0.3 is 15.6 Å². The normalized spacial score (nSPS) is 11.5. The van der Waals surface area contributed by atoms with Gasteiger partial charge in [-0.3, -0.25) is 4.79 Å². The Hall–Kier alpha value is -1.26. The molecule has 0 saturated heterocycles. The molecular weight excluding hydrogens is 242 g/mol. The van der Waals surface area contributed by atoms with Crippen LogP contribution in [0.2, 0.25) is 0 Å². The van der Waals surface area contributed by atoms with Crippen molar-refractivity contribution in [1.82, 2.24) is 0 Å². The summed E-state index contributed by atoms with van der Waals surface area (Å²) in [6.45, 7) is 3.72. The fraction of sp³-hybridized carbons (Fsp3) is 0.417. The van der Waals surface area contributed by atoms with E-state index in [2.05, 4.69) is 4.74 Å². The summed E-state index contributed by atoms with van der Waals surface area (Å²) in [6.07, 6.45) is 0.142. The van der Waals surface area contributed by atoms with E-state index in [9.17, 15) is 9.90 Å². The van der Waals surface area contributed by atoms with E-state index in [0.29, 0.717) is 0 Å². The van der Waals surface area contributed by atoms with Crippen LogP contribution in [-0.2, 0) is 9.53 Å². The minimum absolute atomic E-state index is 0. The Bertz CT molecular complexity index is 384. The van der Waals surface area contributed by atoms with Gasteiger partial charge in [0.05, 0.1) is 13.5 Å². The molecule has 3 N–H and O–H groups in total. The average Bonchev–Trinajstić information content (AvgIpc) is 2.15. The summed E-state index contributed by atoms with van der Waals surface area (Å²) in [6, 6.07) is 2.88. The summed E-state index contributed by atoms with van der Waals surface area (Å²) in [5.41, 5.74) is 8.60. The summed E-state index contributed by atoms with van der Waals surface area (Å²) >= 11 is 0. The van der Waals surface area contributed by atoms with E-state index in [1.54, 1.807) is 12.1 Å². The van der Waals surface area contributed by atoms with Gasteiger partial charge in [-0.2, -0.15) is 0 Å². The predicted molar refractivity (Wildman–Crippen MR) is 68.4 cm³/mol. The van der Waals surface area contributed by atoms with Gasteiger partial charge >= 0.3 is 5.97 Å². The first-order chi connectivity index (χ1) is 7.45. The number of nitrogens with two attached hydrogens (primary N) is 1. The molecule has 0 unspecified atom stereocenters. The van der Waals surface area contributed by atoms with Crippen LogP contribution in [0.25, 0.3) is 0 Å². The van der Waals surface area contributed by atoms with Crippen LogP contribution in [-0.4, -0.2) is 18.2 Å². The number of rotatable bonds is 3. The molecule has 0 bridgehead atoms. The minimum atomic E-state index is -0.395. The molecule has 17 heavy (non-hydrogen) atoms. The number of hydrogen-bond donors (Lipinski definition) is 2. The van der Waals surface area contributed by atoms with E-state index >= 15 is 0 Å². The van der Waals surface area contributed by atoms with Gasteiger partial charge in [-0.15, -0.1) is 12.4 Å². The highest BCUT2D eigenvalue weighted by Gasteiger charge is 2.16. The molecule has 5 heteroatoms. The first-order valence-corrected chi connectivity index (χ1v) is 5.08. The smallest absolute Gasteiger partial charge is 0.307 e. The molecule has 1 atom stereocenters. The standard InChI is InChI=1S/C12H17NO3.ClH/c1-7-4-9(14)5-8(2)12(7)10(13)6-11(15)16-3;/h4-5,10,14H,6,13H2,1-3H3;1H/t10-;/m1./s1. The lowest BCUT2D eigenvalue weighted by molar-refractivity contribution is -0.141. The van der Waals surface area contributed by atoms with Crippen molar-refractivity contribution < 1.29 is 14.6 Å². The maximum atomic E-state index is 11.1. The van der Waals surface area contributed by atoms with Crippen molar-refractivity contribution in [2.45, 2.75) is 26.3 Å². The van der Waals surface area contributed by atoms with Gasteiger partial charge in [-0.25, -0.2) is 0 Å². The predicted octanol–water partition coefficient (Wildman–Crippen LogP) is 1.99. The molecule has 0 fully saturated rings. The average molecular weight is 260 g/mol. The Morgan fingerprint density at radius 2 is 1.88 bits per heavy atom. The highest BCUT2D eigenvalue weighted by molar-refractivity contribution is 5.85. The third-order valence-corrected chi connectivity index (χ3v) is 2.56. The Morgan fingerprint density at radius 3 is 2.29 bits per heavy atom. The quantitative estimate of drug-likeness (QED) is 0.815. The summed E-state index contributed by atoms with van der Waals surface area (Å²) in [5.74, 6) is -0.122. The maximum absolute atomic E-state index is 11.1. The lowest BCUT2D eigenvalue weighted by Gasteiger charge is -2.16. The molecule has 0 aliphatic heterocycles. The first kappa shape index (κ1) is 15.7. The minimum Gasteiger partial charge on any atom is -0.508 e. The number of ether oxygens (including phenoxy) is 1. The lowest BCUT2D eigenvalue weighted by atomic mass is 9.94. The largest absolute Gasteiger partial charge is 0.508 e. The van der Waals surface area contributed by atoms with Crippen molar-refractivity contribution in [3.8, 4) is 5.75 Å². The molecule has 1 aromatic carbocycles. The summed E-state index contributed by atoms with van der Waals surface area (Å²) < 4.78 is 4.58. The SMILES string of the molecule is COC(=O)C[C@@H](N)c1c(C)cc(O)cc1C.Cl. The highest BCUT2D eigenvalue weighted by Crippen LogP contribution is 2.26. The van der Waals surface area contributed by atoms with Gasteiger partial charge in [0.25, 0.3) is 0 Å². The third-order valence-electron chi connectivity index (χ3n) is 2.56. The van der Waals surface area contributed by atoms with Gasteiger partial charge in [-0.1, -0.05) is 0 Å². The second-order valence-electron chi connectivity index (χ2n) is 3.88. The van der Waals surface area contributed by atoms with Gasteiger partial charge in [0.2, 0.25) is 0 Å². The van der Waals surface area contributed by atoms with Crippen LogP contribution >= 0.6 is 12.4 Å². The fourth-order valence-electron chi connectivity index (χ4n) is 1.90. The summed E-state index contributed by atoms with van der Waals surface area (Å²) in [5, 5.41) is 9.40. The van der Waals surface area contributed by atoms with E-state index in [4.69, 9.17) is 5.73 Å². The van der Waals surface area contributed by atoms with Crippen LogP contribution in [0.3, 0.4) is 0 Å². The molecule has 0 amide bonds. The van der Waals surface area contributed by atoms with Crippen LogP contribution in [0.5, 0.6) is 5.75 Å². The number of carbonyl (C=O) groups is 1. The zero-order valence-electron chi connectivity index (χ0n) is 10.2. The number of esters is 1. The van der Waals surface area contributed by atoms with E-state index in [1.165, 1.54) is 7.11 Å². The van der Waals surface area contributed by atoms with Gasteiger partial charge in [0, 0.05) is 6.04 Å². The molecule has 0 aliphatic rings. The topological polar surface area (TPSA) is 72.5 Å². The monoisotopic (exact) mass is 259 g/mol. The number of phenols is 1. The zero-order valence-corrected chi connectivity index (χ0v) is 11.0. The molecule has 1 rings (SSSR count). The molecule has 0 spiro atoms. The summed E-state index contributed by atoms with van der Waals surface area (Å²) in [7, 11) is 1.34. The van der Waals surface area contributed by atoms with Crippen LogP contribution in [0.1, 0.15) is 29.2 Å². The van der Waals surface area contributed by atoms with E-state index < -0.39 is 6.04 Å². The number of benzene rings is 1. The molecule has 0 radical (unpaired) electrons. The lowest BCUT2D eigenvalue weighted by Crippen LogP contribution is -2.18. The van der Waals surface area contributed by atoms with E-state index in [0.717, 1.165) is 16.7 Å². The molecule has 1 aromatic rings. The van der Waals surface area contributed by atoms with Crippen molar-refractivity contribution in [2.75, 3.05) is 7.11 Å². The Labute approximate surface area is 107 Å². The molecule has 0 aromatic heterocycles. The molecular formula is C12H18ClNO3. The number of phenolic OH excluding ortho intramolecular Hbond substituents is 1. The summed E-state index contributed by atoms with van der Waals surface area (Å²) in [4.78, 5) is 11.1. The zero-order chi connectivity index (χ0) is 12.3. The first-order valence-electron chi connectivity index (χ1n) is 5.08. The van der Waals surface area contributed by atoms with Crippen LogP contribution in [0.4, 0.5) is 0 Å². The van der Waals surface area contributed by atoms with Crippen LogP contribution in [0, 0.1) is 13.8 Å². The number of aromatic hydroxyl groups is 1. The number of hydrogen-bond acceptors (Lipinski definition) is 4. The second kappa shape index (κ2) is 6.47. The van der Waals surface area contributed by atoms with Crippen molar-refractivity contribution in [2.24, 2.45) is 5.73 Å². The Morgan fingerprint density at radius 1 is 1.41 bits per heavy atom. The second-order valence-corrected chi connectivity index (χ2v) is 3.88. The molecule has 0 heterocycles. The van der Waals surface area contributed by atoms with Crippen LogP contribution in [0.15, 0.2) is 12.1 Å². The van der Waals surface area contributed by atoms with E-state index in [1.807, 2.05) is 13.8 Å². The van der Waals surface area contributed by atoms with E-state index in [-0.39, 0.29) is 30.5 Å². The Balaban J connectivity index is 0.00000256.